The lowest BCUT2D eigenvalue weighted by Crippen LogP contribution is -2.22. The molecule has 1 aliphatic carbocycles. The molecule has 1 fully saturated rings. The Bertz CT molecular complexity index is 568. The molecule has 0 aromatic heterocycles. The number of carbonyl (C=O) groups excluding carboxylic acids is 2. The van der Waals surface area contributed by atoms with Gasteiger partial charge in [-0.2, -0.15) is 0 Å². The molecule has 0 unspecified atom stereocenters. The maximum atomic E-state index is 12.1. The van der Waals surface area contributed by atoms with Gasteiger partial charge in [-0.15, -0.1) is 0 Å². The van der Waals surface area contributed by atoms with Gasteiger partial charge in [0.2, 0.25) is 0 Å². The molecular weight excluding hydrogens is 356 g/mol. The van der Waals surface area contributed by atoms with Crippen LogP contribution in [0.25, 0.3) is 0 Å². The molecule has 0 heterocycles. The lowest BCUT2D eigenvalue weighted by Gasteiger charge is -2.24. The average molecular weight is 391 g/mol. The molecule has 0 spiro atoms. The molecule has 0 N–H and O–H groups in total. The second kappa shape index (κ2) is 13.8. The minimum atomic E-state index is -0.382. The molecule has 0 aliphatic heterocycles. The summed E-state index contributed by atoms with van der Waals surface area (Å²) in [6, 6.07) is 0. The van der Waals surface area contributed by atoms with Gasteiger partial charge in [-0.05, 0) is 69.4 Å². The largest absolute Gasteiger partial charge is 0.494 e. The number of ether oxygens (including phenoxy) is 3. The third-order valence-corrected chi connectivity index (χ3v) is 4.77. The maximum Gasteiger partial charge on any atom is 0.330 e. The van der Waals surface area contributed by atoms with E-state index in [4.69, 9.17) is 14.2 Å². The monoisotopic (exact) mass is 390 g/mol. The van der Waals surface area contributed by atoms with Crippen molar-refractivity contribution < 1.29 is 23.8 Å². The number of esters is 2. The minimum absolute atomic E-state index is 0.0129. The summed E-state index contributed by atoms with van der Waals surface area (Å²) in [5.74, 6) is 0.924. The molecule has 0 aromatic rings. The van der Waals surface area contributed by atoms with Gasteiger partial charge in [0.05, 0.1) is 19.1 Å². The highest BCUT2D eigenvalue weighted by atomic mass is 16.5. The van der Waals surface area contributed by atoms with E-state index in [-0.39, 0.29) is 17.9 Å². The Labute approximate surface area is 169 Å². The van der Waals surface area contributed by atoms with E-state index in [0.29, 0.717) is 30.6 Å². The van der Waals surface area contributed by atoms with Crippen molar-refractivity contribution in [2.45, 2.75) is 58.3 Å². The van der Waals surface area contributed by atoms with Crippen molar-refractivity contribution in [3.8, 4) is 0 Å². The third-order valence-electron chi connectivity index (χ3n) is 4.77. The Morgan fingerprint density at radius 2 is 1.46 bits per heavy atom. The Morgan fingerprint density at radius 1 is 0.893 bits per heavy atom. The highest BCUT2D eigenvalue weighted by Gasteiger charge is 2.25. The number of hydrogen-bond acceptors (Lipinski definition) is 5. The average Bonchev–Trinajstić information content (AvgIpc) is 2.68. The summed E-state index contributed by atoms with van der Waals surface area (Å²) in [6.45, 7) is 14.1. The summed E-state index contributed by atoms with van der Waals surface area (Å²) < 4.78 is 15.8. The lowest BCUT2D eigenvalue weighted by atomic mass is 9.83. The van der Waals surface area contributed by atoms with Crippen LogP contribution >= 0.6 is 0 Å². The fourth-order valence-electron chi connectivity index (χ4n) is 2.97. The van der Waals surface area contributed by atoms with Gasteiger partial charge in [-0.3, -0.25) is 4.79 Å². The van der Waals surface area contributed by atoms with Crippen LogP contribution in [-0.4, -0.2) is 25.2 Å². The van der Waals surface area contributed by atoms with Gasteiger partial charge < -0.3 is 14.2 Å². The van der Waals surface area contributed by atoms with E-state index in [9.17, 15) is 9.59 Å². The van der Waals surface area contributed by atoms with E-state index < -0.39 is 0 Å². The zero-order valence-electron chi connectivity index (χ0n) is 17.1. The first-order chi connectivity index (χ1) is 13.4. The van der Waals surface area contributed by atoms with Crippen molar-refractivity contribution in [2.24, 2.45) is 11.8 Å². The van der Waals surface area contributed by atoms with Gasteiger partial charge in [0, 0.05) is 6.08 Å². The maximum absolute atomic E-state index is 12.1. The number of unbranched alkanes of at least 4 members (excludes halogenated alkanes) is 3. The van der Waals surface area contributed by atoms with Crippen molar-refractivity contribution in [3.05, 3.63) is 49.5 Å². The molecule has 156 valence electrons. The normalized spacial score (nSPS) is 19.0. The van der Waals surface area contributed by atoms with E-state index in [1.807, 2.05) is 0 Å². The van der Waals surface area contributed by atoms with Crippen LogP contribution in [0.15, 0.2) is 49.5 Å². The SMILES string of the molecule is C=CC(=O)OCCCCCCOC(=C)/C=C\C(=C)OC(=O)C1CCC(C)CC1. The van der Waals surface area contributed by atoms with Gasteiger partial charge >= 0.3 is 11.9 Å². The summed E-state index contributed by atoms with van der Waals surface area (Å²) in [5, 5.41) is 0. The molecule has 0 atom stereocenters. The van der Waals surface area contributed by atoms with Crippen LogP contribution in [0.3, 0.4) is 0 Å². The number of hydrogen-bond donors (Lipinski definition) is 0. The Morgan fingerprint density at radius 3 is 2.07 bits per heavy atom. The highest BCUT2D eigenvalue weighted by Crippen LogP contribution is 2.29. The van der Waals surface area contributed by atoms with Crippen LogP contribution in [0.2, 0.25) is 0 Å². The zero-order valence-corrected chi connectivity index (χ0v) is 17.1. The van der Waals surface area contributed by atoms with E-state index in [1.54, 1.807) is 12.2 Å². The topological polar surface area (TPSA) is 61.8 Å². The van der Waals surface area contributed by atoms with E-state index in [0.717, 1.165) is 51.4 Å². The first-order valence-corrected chi connectivity index (χ1v) is 10.1. The van der Waals surface area contributed by atoms with Crippen molar-refractivity contribution >= 4 is 11.9 Å². The quantitative estimate of drug-likeness (QED) is 0.141. The van der Waals surface area contributed by atoms with Crippen molar-refractivity contribution in [3.63, 3.8) is 0 Å². The molecule has 0 bridgehead atoms. The predicted octanol–water partition coefficient (Wildman–Crippen LogP) is 5.25. The molecule has 0 amide bonds. The third kappa shape index (κ3) is 10.8. The molecule has 5 heteroatoms. The second-order valence-corrected chi connectivity index (χ2v) is 7.28. The standard InChI is InChI=1S/C23H34O5/c1-5-22(24)27-17-9-7-6-8-16-26-19(3)12-13-20(4)28-23(25)21-14-10-18(2)11-15-21/h5,12-13,18,21H,1,3-4,6-11,14-17H2,2H3/b13-12-. The summed E-state index contributed by atoms with van der Waals surface area (Å²) in [6.07, 6.45) is 12.0. The fourth-order valence-corrected chi connectivity index (χ4v) is 2.97. The second-order valence-electron chi connectivity index (χ2n) is 7.28. The van der Waals surface area contributed by atoms with Crippen LogP contribution < -0.4 is 0 Å². The number of rotatable bonds is 13. The van der Waals surface area contributed by atoms with Crippen LogP contribution in [0, 0.1) is 11.8 Å². The summed E-state index contributed by atoms with van der Waals surface area (Å²) >= 11 is 0. The first kappa shape index (κ1) is 23.7. The molecule has 1 aliphatic rings. The summed E-state index contributed by atoms with van der Waals surface area (Å²) in [7, 11) is 0. The van der Waals surface area contributed by atoms with Crippen LogP contribution in [0.5, 0.6) is 0 Å². The lowest BCUT2D eigenvalue weighted by molar-refractivity contribution is -0.145. The van der Waals surface area contributed by atoms with E-state index in [2.05, 4.69) is 26.7 Å². The Balaban J connectivity index is 2.08. The zero-order chi connectivity index (χ0) is 20.8. The summed E-state index contributed by atoms with van der Waals surface area (Å²) in [4.78, 5) is 23.0. The first-order valence-electron chi connectivity index (χ1n) is 10.1. The number of allylic oxidation sites excluding steroid dienone is 2. The molecule has 0 radical (unpaired) electrons. The molecule has 1 saturated carbocycles. The van der Waals surface area contributed by atoms with Crippen LogP contribution in [0.4, 0.5) is 0 Å². The smallest absolute Gasteiger partial charge is 0.330 e. The van der Waals surface area contributed by atoms with Gasteiger partial charge in [0.25, 0.3) is 0 Å². The predicted molar refractivity (Wildman–Crippen MR) is 110 cm³/mol. The fraction of sp³-hybridized carbons (Fsp3) is 0.565. The van der Waals surface area contributed by atoms with Crippen molar-refractivity contribution in [1.29, 1.82) is 0 Å². The molecule has 0 aromatic carbocycles. The number of carbonyl (C=O) groups is 2. The molecule has 1 rings (SSSR count). The Kier molecular flexibility index (Phi) is 11.7. The van der Waals surface area contributed by atoms with Crippen molar-refractivity contribution in [2.75, 3.05) is 13.2 Å². The van der Waals surface area contributed by atoms with E-state index >= 15 is 0 Å². The Hall–Kier alpha value is -2.30. The van der Waals surface area contributed by atoms with E-state index in [1.165, 1.54) is 6.08 Å². The van der Waals surface area contributed by atoms with Crippen molar-refractivity contribution in [1.82, 2.24) is 0 Å². The highest BCUT2D eigenvalue weighted by molar-refractivity contribution is 5.81. The molecule has 5 nitrogen and oxygen atoms in total. The minimum Gasteiger partial charge on any atom is -0.494 e. The molecule has 0 saturated heterocycles. The molecular formula is C23H34O5. The van der Waals surface area contributed by atoms with Gasteiger partial charge in [-0.1, -0.05) is 26.7 Å². The van der Waals surface area contributed by atoms with Crippen LogP contribution in [-0.2, 0) is 23.8 Å². The van der Waals surface area contributed by atoms with Gasteiger partial charge in [-0.25, -0.2) is 4.79 Å². The molecule has 28 heavy (non-hydrogen) atoms. The van der Waals surface area contributed by atoms with Crippen LogP contribution in [0.1, 0.15) is 58.3 Å². The summed E-state index contributed by atoms with van der Waals surface area (Å²) in [5.41, 5.74) is 0. The van der Waals surface area contributed by atoms with Gasteiger partial charge in [0.15, 0.2) is 0 Å². The van der Waals surface area contributed by atoms with Gasteiger partial charge in [0.1, 0.15) is 11.5 Å².